The van der Waals surface area contributed by atoms with Gasteiger partial charge in [0.1, 0.15) is 0 Å². The van der Waals surface area contributed by atoms with Crippen LogP contribution in [0.1, 0.15) is 6.92 Å². The van der Waals surface area contributed by atoms with Crippen LogP contribution in [0.2, 0.25) is 0 Å². The molecule has 0 amide bonds. The van der Waals surface area contributed by atoms with Crippen LogP contribution in [-0.2, 0) is 10.0 Å². The minimum Gasteiger partial charge on any atom is -0.454 e. The summed E-state index contributed by atoms with van der Waals surface area (Å²) < 4.78 is 37.4. The van der Waals surface area contributed by atoms with Gasteiger partial charge in [0, 0.05) is 18.7 Å². The number of nitro benzene ring substituents is 1. The summed E-state index contributed by atoms with van der Waals surface area (Å²) in [6, 6.07) is 9.99. The molecule has 8 nitrogen and oxygen atoms in total. The fourth-order valence-corrected chi connectivity index (χ4v) is 4.10. The van der Waals surface area contributed by atoms with E-state index in [-0.39, 0.29) is 18.2 Å². The molecule has 9 heteroatoms. The summed E-state index contributed by atoms with van der Waals surface area (Å²) in [5.74, 6) is 0.960. The number of hydrogen-bond acceptors (Lipinski definition) is 6. The van der Waals surface area contributed by atoms with E-state index < -0.39 is 20.6 Å². The van der Waals surface area contributed by atoms with Crippen LogP contribution in [-0.4, -0.2) is 26.7 Å². The first-order valence-electron chi connectivity index (χ1n) is 7.11. The molecule has 1 aliphatic rings. The Morgan fingerprint density at radius 3 is 2.58 bits per heavy atom. The van der Waals surface area contributed by atoms with Gasteiger partial charge in [-0.1, -0.05) is 12.1 Å². The second kappa shape index (κ2) is 6.00. The van der Waals surface area contributed by atoms with Gasteiger partial charge in [0.2, 0.25) is 6.79 Å². The van der Waals surface area contributed by atoms with Gasteiger partial charge in [-0.25, -0.2) is 8.42 Å². The fraction of sp³-hybridized carbons (Fsp3) is 0.200. The zero-order valence-electron chi connectivity index (χ0n) is 12.7. The molecule has 0 spiro atoms. The van der Waals surface area contributed by atoms with Gasteiger partial charge < -0.3 is 9.47 Å². The van der Waals surface area contributed by atoms with Crippen LogP contribution in [0, 0.1) is 10.1 Å². The van der Waals surface area contributed by atoms with E-state index in [1.54, 1.807) is 19.1 Å². The summed E-state index contributed by atoms with van der Waals surface area (Å²) in [7, 11) is -4.10. The summed E-state index contributed by atoms with van der Waals surface area (Å²) in [6.07, 6.45) is 0. The third-order valence-corrected chi connectivity index (χ3v) is 5.51. The SMILES string of the molecule is CCN(c1ccc2c(c1)OCO2)S(=O)(=O)c1ccccc1[N+](=O)[O-]. The van der Waals surface area contributed by atoms with Gasteiger partial charge in [-0.15, -0.1) is 0 Å². The van der Waals surface area contributed by atoms with E-state index in [1.165, 1.54) is 30.3 Å². The monoisotopic (exact) mass is 350 g/mol. The number of nitro groups is 1. The predicted octanol–water partition coefficient (Wildman–Crippen LogP) is 2.54. The Kier molecular flexibility index (Phi) is 4.02. The minimum atomic E-state index is -4.10. The number of anilines is 1. The molecule has 0 aromatic heterocycles. The van der Waals surface area contributed by atoms with Crippen LogP contribution in [0.15, 0.2) is 47.4 Å². The summed E-state index contributed by atoms with van der Waals surface area (Å²) in [5, 5.41) is 11.2. The van der Waals surface area contributed by atoms with Gasteiger partial charge >= 0.3 is 0 Å². The van der Waals surface area contributed by atoms with E-state index in [2.05, 4.69) is 0 Å². The molecule has 0 bridgehead atoms. The van der Waals surface area contributed by atoms with Crippen LogP contribution in [0.25, 0.3) is 0 Å². The van der Waals surface area contributed by atoms with Crippen LogP contribution in [0.3, 0.4) is 0 Å². The second-order valence-electron chi connectivity index (χ2n) is 4.93. The predicted molar refractivity (Wildman–Crippen MR) is 85.9 cm³/mol. The Bertz CT molecular complexity index is 897. The molecule has 0 radical (unpaired) electrons. The lowest BCUT2D eigenvalue weighted by atomic mass is 10.3. The first kappa shape index (κ1) is 16.1. The van der Waals surface area contributed by atoms with E-state index in [1.807, 2.05) is 0 Å². The van der Waals surface area contributed by atoms with Gasteiger partial charge in [0.05, 0.1) is 10.6 Å². The van der Waals surface area contributed by atoms with E-state index in [0.29, 0.717) is 17.2 Å². The van der Waals surface area contributed by atoms with Crippen molar-refractivity contribution < 1.29 is 22.8 Å². The van der Waals surface area contributed by atoms with E-state index in [9.17, 15) is 18.5 Å². The van der Waals surface area contributed by atoms with Gasteiger partial charge in [0.15, 0.2) is 16.4 Å². The highest BCUT2D eigenvalue weighted by Crippen LogP contribution is 2.37. The summed E-state index contributed by atoms with van der Waals surface area (Å²) in [5.41, 5.74) is -0.114. The first-order valence-corrected chi connectivity index (χ1v) is 8.55. The number of hydrogen-bond donors (Lipinski definition) is 0. The number of ether oxygens (including phenoxy) is 2. The third-order valence-electron chi connectivity index (χ3n) is 3.56. The molecule has 3 rings (SSSR count). The fourth-order valence-electron chi connectivity index (χ4n) is 2.48. The molecule has 0 N–H and O–H groups in total. The normalized spacial score (nSPS) is 12.9. The van der Waals surface area contributed by atoms with Crippen molar-refractivity contribution in [3.8, 4) is 11.5 Å². The maximum absolute atomic E-state index is 12.9. The van der Waals surface area contributed by atoms with Crippen molar-refractivity contribution >= 4 is 21.4 Å². The Morgan fingerprint density at radius 2 is 1.88 bits per heavy atom. The average molecular weight is 350 g/mol. The Hall–Kier alpha value is -2.81. The highest BCUT2D eigenvalue weighted by molar-refractivity contribution is 7.93. The molecular weight excluding hydrogens is 336 g/mol. The minimum absolute atomic E-state index is 0.0712. The molecule has 0 fully saturated rings. The van der Waals surface area contributed by atoms with Crippen molar-refractivity contribution in [3.63, 3.8) is 0 Å². The van der Waals surface area contributed by atoms with Crippen LogP contribution < -0.4 is 13.8 Å². The highest BCUT2D eigenvalue weighted by Gasteiger charge is 2.31. The topological polar surface area (TPSA) is 99.0 Å². The van der Waals surface area contributed by atoms with Crippen LogP contribution in [0.5, 0.6) is 11.5 Å². The maximum Gasteiger partial charge on any atom is 0.289 e. The Labute approximate surface area is 138 Å². The molecule has 2 aromatic carbocycles. The first-order chi connectivity index (χ1) is 11.4. The molecule has 0 unspecified atom stereocenters. The molecular formula is C15H14N2O6S. The number of rotatable bonds is 5. The number of nitrogens with zero attached hydrogens (tertiary/aromatic N) is 2. The quantitative estimate of drug-likeness (QED) is 0.607. The van der Waals surface area contributed by atoms with E-state index in [0.717, 1.165) is 4.31 Å². The molecule has 0 saturated heterocycles. The van der Waals surface area contributed by atoms with Crippen molar-refractivity contribution in [2.45, 2.75) is 11.8 Å². The van der Waals surface area contributed by atoms with Gasteiger partial charge in [-0.3, -0.25) is 14.4 Å². The molecule has 24 heavy (non-hydrogen) atoms. The summed E-state index contributed by atoms with van der Waals surface area (Å²) in [6.45, 7) is 1.83. The van der Waals surface area contributed by atoms with Crippen molar-refractivity contribution in [2.75, 3.05) is 17.6 Å². The summed E-state index contributed by atoms with van der Waals surface area (Å²) in [4.78, 5) is 10.1. The average Bonchev–Trinajstić information content (AvgIpc) is 3.03. The Balaban J connectivity index is 2.09. The largest absolute Gasteiger partial charge is 0.454 e. The van der Waals surface area contributed by atoms with Crippen molar-refractivity contribution in [1.29, 1.82) is 0 Å². The van der Waals surface area contributed by atoms with Crippen molar-refractivity contribution in [1.82, 2.24) is 0 Å². The van der Waals surface area contributed by atoms with Crippen LogP contribution in [0.4, 0.5) is 11.4 Å². The third kappa shape index (κ3) is 2.62. The number of fused-ring (bicyclic) bond motifs is 1. The molecule has 1 aliphatic heterocycles. The summed E-state index contributed by atoms with van der Waals surface area (Å²) >= 11 is 0. The number of sulfonamides is 1. The second-order valence-corrected chi connectivity index (χ2v) is 6.76. The van der Waals surface area contributed by atoms with Gasteiger partial charge in [0.25, 0.3) is 15.7 Å². The molecule has 0 aliphatic carbocycles. The smallest absolute Gasteiger partial charge is 0.289 e. The lowest BCUT2D eigenvalue weighted by Gasteiger charge is -2.23. The molecule has 0 atom stereocenters. The van der Waals surface area contributed by atoms with Gasteiger partial charge in [-0.05, 0) is 25.1 Å². The lowest BCUT2D eigenvalue weighted by Crippen LogP contribution is -2.31. The zero-order valence-corrected chi connectivity index (χ0v) is 13.5. The van der Waals surface area contributed by atoms with Crippen LogP contribution >= 0.6 is 0 Å². The molecule has 126 valence electrons. The lowest BCUT2D eigenvalue weighted by molar-refractivity contribution is -0.387. The highest BCUT2D eigenvalue weighted by atomic mass is 32.2. The van der Waals surface area contributed by atoms with E-state index >= 15 is 0 Å². The zero-order chi connectivity index (χ0) is 17.3. The van der Waals surface area contributed by atoms with Crippen molar-refractivity contribution in [2.24, 2.45) is 0 Å². The van der Waals surface area contributed by atoms with Gasteiger partial charge in [-0.2, -0.15) is 0 Å². The maximum atomic E-state index is 12.9. The molecule has 0 saturated carbocycles. The number of benzene rings is 2. The van der Waals surface area contributed by atoms with E-state index in [4.69, 9.17) is 9.47 Å². The Morgan fingerprint density at radius 1 is 1.17 bits per heavy atom. The standard InChI is InChI=1S/C15H14N2O6S/c1-2-16(11-7-8-13-14(9-11)23-10-22-13)24(20,21)15-6-4-3-5-12(15)17(18)19/h3-9H,2,10H2,1H3. The van der Waals surface area contributed by atoms with Crippen molar-refractivity contribution in [3.05, 3.63) is 52.6 Å². The molecule has 1 heterocycles. The number of para-hydroxylation sites is 1. The molecule has 2 aromatic rings.